The summed E-state index contributed by atoms with van der Waals surface area (Å²) in [5, 5.41) is 36.9. The second kappa shape index (κ2) is 6.97. The van der Waals surface area contributed by atoms with Gasteiger partial charge in [0.1, 0.15) is 11.8 Å². The van der Waals surface area contributed by atoms with E-state index in [-0.39, 0.29) is 0 Å². The van der Waals surface area contributed by atoms with Gasteiger partial charge in [0.2, 0.25) is 0 Å². The van der Waals surface area contributed by atoms with Gasteiger partial charge in [-0.3, -0.25) is 0 Å². The fraction of sp³-hybridized carbons (Fsp3) is 0.333. The minimum Gasteiger partial charge on any atom is -0.390 e. The third-order valence-corrected chi connectivity index (χ3v) is 5.59. The lowest BCUT2D eigenvalue weighted by molar-refractivity contribution is -0.0264. The highest BCUT2D eigenvalue weighted by Crippen LogP contribution is 2.42. The van der Waals surface area contributed by atoms with Crippen molar-refractivity contribution < 1.29 is 15.3 Å². The lowest BCUT2D eigenvalue weighted by atomic mass is 9.92. The molecule has 1 saturated carbocycles. The zero-order chi connectivity index (χ0) is 19.1. The average Bonchev–Trinajstić information content (AvgIpc) is 3.23. The first-order chi connectivity index (χ1) is 13.0. The van der Waals surface area contributed by atoms with Crippen molar-refractivity contribution in [2.45, 2.75) is 30.8 Å². The number of H-pyrrole nitrogens is 1. The standard InChI is InChI=1S/C18H20ClN5O3/c19-10-3-1-9(2-4-10)14(25)12-7-13(16(27)15(12)26)24-6-5-11-17(23-20)21-8-22-18(11)24/h1-6,8,12-16,25-27H,7,20H2,(H,21,22,23)/t12-,13-,14-,15-,16+/m1/s1. The molecular weight excluding hydrogens is 370 g/mol. The molecule has 3 aromatic rings. The van der Waals surface area contributed by atoms with Gasteiger partial charge in [-0.05, 0) is 30.2 Å². The lowest BCUT2D eigenvalue weighted by Gasteiger charge is -2.22. The summed E-state index contributed by atoms with van der Waals surface area (Å²) in [4.78, 5) is 7.10. The van der Waals surface area contributed by atoms with Crippen molar-refractivity contribution in [3.05, 3.63) is 58.9 Å². The van der Waals surface area contributed by atoms with Gasteiger partial charge in [0, 0.05) is 17.1 Å². The predicted molar refractivity (Wildman–Crippen MR) is 99.4 cm³/mol. The van der Waals surface area contributed by atoms with Crippen LogP contribution in [0.25, 0.3) is 11.0 Å². The van der Waals surface area contributed by atoms with Crippen molar-refractivity contribution in [1.82, 2.24) is 14.5 Å². The SMILES string of the molecule is N/N=c1/nc[nH]c2c1ccn2[C@@H]1C[C@H]([C@H](O)c2ccc(Cl)cc2)[C@@H](O)[C@H]1O. The van der Waals surface area contributed by atoms with Crippen molar-refractivity contribution in [3.8, 4) is 0 Å². The average molecular weight is 390 g/mol. The summed E-state index contributed by atoms with van der Waals surface area (Å²) in [5.41, 5.74) is 1.72. The molecule has 1 aliphatic carbocycles. The Morgan fingerprint density at radius 2 is 1.96 bits per heavy atom. The molecule has 0 unspecified atom stereocenters. The number of aliphatic hydroxyl groups excluding tert-OH is 3. The molecule has 9 heteroatoms. The lowest BCUT2D eigenvalue weighted by Crippen LogP contribution is -2.31. The highest BCUT2D eigenvalue weighted by Gasteiger charge is 2.46. The maximum Gasteiger partial charge on any atom is 0.183 e. The Bertz CT molecular complexity index is 1020. The molecule has 4 rings (SSSR count). The number of nitrogens with one attached hydrogen (secondary N) is 1. The van der Waals surface area contributed by atoms with Gasteiger partial charge in [-0.2, -0.15) is 5.10 Å². The van der Waals surface area contributed by atoms with Crippen LogP contribution in [-0.4, -0.2) is 42.1 Å². The van der Waals surface area contributed by atoms with Crippen LogP contribution < -0.4 is 11.3 Å². The van der Waals surface area contributed by atoms with Crippen LogP contribution in [0.2, 0.25) is 5.02 Å². The molecule has 2 aromatic heterocycles. The van der Waals surface area contributed by atoms with Gasteiger partial charge in [0.25, 0.3) is 0 Å². The van der Waals surface area contributed by atoms with Gasteiger partial charge in [-0.15, -0.1) is 0 Å². The second-order valence-electron chi connectivity index (χ2n) is 6.79. The Hall–Kier alpha value is -2.39. The fourth-order valence-electron chi connectivity index (χ4n) is 3.92. The molecule has 1 fully saturated rings. The quantitative estimate of drug-likeness (QED) is 0.334. The minimum absolute atomic E-state index is 0.383. The van der Waals surface area contributed by atoms with Gasteiger partial charge < -0.3 is 30.7 Å². The summed E-state index contributed by atoms with van der Waals surface area (Å²) in [6.45, 7) is 0. The van der Waals surface area contributed by atoms with E-state index in [1.54, 1.807) is 36.5 Å². The van der Waals surface area contributed by atoms with Gasteiger partial charge >= 0.3 is 0 Å². The van der Waals surface area contributed by atoms with E-state index < -0.39 is 30.3 Å². The van der Waals surface area contributed by atoms with Crippen LogP contribution in [0.4, 0.5) is 0 Å². The van der Waals surface area contributed by atoms with E-state index >= 15 is 0 Å². The van der Waals surface area contributed by atoms with Crippen LogP contribution in [0.1, 0.15) is 24.1 Å². The van der Waals surface area contributed by atoms with Crippen LogP contribution in [-0.2, 0) is 0 Å². The van der Waals surface area contributed by atoms with Gasteiger partial charge in [-0.1, -0.05) is 23.7 Å². The highest BCUT2D eigenvalue weighted by atomic mass is 35.5. The van der Waals surface area contributed by atoms with E-state index in [9.17, 15) is 15.3 Å². The normalized spacial score (nSPS) is 27.3. The second-order valence-corrected chi connectivity index (χ2v) is 7.22. The van der Waals surface area contributed by atoms with E-state index in [4.69, 9.17) is 17.4 Å². The first kappa shape index (κ1) is 18.0. The fourth-order valence-corrected chi connectivity index (χ4v) is 4.05. The molecule has 1 aromatic carbocycles. The molecule has 0 amide bonds. The summed E-state index contributed by atoms with van der Waals surface area (Å²) in [6, 6.07) is 8.20. The molecule has 142 valence electrons. The number of hydrogen-bond donors (Lipinski definition) is 5. The van der Waals surface area contributed by atoms with Gasteiger partial charge in [0.05, 0.1) is 30.0 Å². The number of aromatic nitrogens is 3. The largest absolute Gasteiger partial charge is 0.390 e. The number of nitrogens with two attached hydrogens (primary N) is 1. The summed E-state index contributed by atoms with van der Waals surface area (Å²) in [5.74, 6) is 4.85. The van der Waals surface area contributed by atoms with E-state index in [0.29, 0.717) is 33.5 Å². The molecule has 6 N–H and O–H groups in total. The van der Waals surface area contributed by atoms with Crippen molar-refractivity contribution in [1.29, 1.82) is 0 Å². The first-order valence-corrected chi connectivity index (χ1v) is 8.97. The van der Waals surface area contributed by atoms with Crippen LogP contribution in [0.3, 0.4) is 0 Å². The topological polar surface area (TPSA) is 133 Å². The number of aromatic amines is 1. The molecule has 0 bridgehead atoms. The van der Waals surface area contributed by atoms with E-state index in [2.05, 4.69) is 15.1 Å². The Morgan fingerprint density at radius 3 is 2.67 bits per heavy atom. The summed E-state index contributed by atoms with van der Waals surface area (Å²) in [7, 11) is 0. The number of halogens is 1. The van der Waals surface area contributed by atoms with Gasteiger partial charge in [-0.25, -0.2) is 4.98 Å². The van der Waals surface area contributed by atoms with Gasteiger partial charge in [0.15, 0.2) is 5.49 Å². The Kier molecular flexibility index (Phi) is 4.65. The van der Waals surface area contributed by atoms with E-state index in [1.165, 1.54) is 6.33 Å². The van der Waals surface area contributed by atoms with Crippen molar-refractivity contribution in [3.63, 3.8) is 0 Å². The molecule has 1 aliphatic rings. The zero-order valence-electron chi connectivity index (χ0n) is 14.3. The summed E-state index contributed by atoms with van der Waals surface area (Å²) in [6.07, 6.45) is 0.628. The van der Waals surface area contributed by atoms with Crippen LogP contribution >= 0.6 is 11.6 Å². The summed E-state index contributed by atoms with van der Waals surface area (Å²) < 4.78 is 1.83. The highest BCUT2D eigenvalue weighted by molar-refractivity contribution is 6.30. The molecule has 0 radical (unpaired) electrons. The molecule has 0 saturated heterocycles. The first-order valence-electron chi connectivity index (χ1n) is 8.59. The van der Waals surface area contributed by atoms with Crippen molar-refractivity contribution in [2.75, 3.05) is 0 Å². The Morgan fingerprint density at radius 1 is 1.22 bits per heavy atom. The van der Waals surface area contributed by atoms with E-state index in [1.807, 2.05) is 4.57 Å². The maximum atomic E-state index is 10.7. The number of hydrogen-bond acceptors (Lipinski definition) is 6. The number of fused-ring (bicyclic) bond motifs is 1. The van der Waals surface area contributed by atoms with E-state index in [0.717, 1.165) is 0 Å². The van der Waals surface area contributed by atoms with Crippen LogP contribution in [0, 0.1) is 5.92 Å². The molecule has 8 nitrogen and oxygen atoms in total. The number of aliphatic hydroxyl groups is 3. The maximum absolute atomic E-state index is 10.7. The zero-order valence-corrected chi connectivity index (χ0v) is 15.0. The summed E-state index contributed by atoms with van der Waals surface area (Å²) >= 11 is 5.90. The molecule has 2 heterocycles. The Balaban J connectivity index is 1.67. The van der Waals surface area contributed by atoms with Crippen LogP contribution in [0.15, 0.2) is 48.0 Å². The number of benzene rings is 1. The van der Waals surface area contributed by atoms with Crippen molar-refractivity contribution >= 4 is 22.6 Å². The number of rotatable bonds is 3. The molecule has 27 heavy (non-hydrogen) atoms. The minimum atomic E-state index is -1.07. The van der Waals surface area contributed by atoms with Crippen molar-refractivity contribution in [2.24, 2.45) is 16.9 Å². The molecule has 5 atom stereocenters. The van der Waals surface area contributed by atoms with Crippen LogP contribution in [0.5, 0.6) is 0 Å². The molecule has 0 aliphatic heterocycles. The smallest absolute Gasteiger partial charge is 0.183 e. The third-order valence-electron chi connectivity index (χ3n) is 5.34. The Labute approximate surface area is 159 Å². The molecule has 0 spiro atoms. The third kappa shape index (κ3) is 3.00. The number of nitrogens with zero attached hydrogens (tertiary/aromatic N) is 3. The monoisotopic (exact) mass is 389 g/mol. The molecular formula is C18H20ClN5O3. The predicted octanol–water partition coefficient (Wildman–Crippen LogP) is 0.809.